The molecule has 0 saturated heterocycles. The van der Waals surface area contributed by atoms with Gasteiger partial charge < -0.3 is 14.2 Å². The number of anilines is 1. The number of rotatable bonds is 5. The van der Waals surface area contributed by atoms with Crippen molar-refractivity contribution in [3.05, 3.63) is 42.5 Å². The van der Waals surface area contributed by atoms with Crippen LogP contribution in [0.15, 0.2) is 47.4 Å². The quantitative estimate of drug-likeness (QED) is 0.843. The Bertz CT molecular complexity index is 643. The minimum Gasteiger partial charge on any atom is -0.497 e. The van der Waals surface area contributed by atoms with Gasteiger partial charge in [0.15, 0.2) is 0 Å². The standard InChI is InChI=1S/C16H17NO4S/c1-19-12-6-9-15(20-2)14(10-12)17-16(18)21-11-4-7-13(22-3)8-5-11/h4-10H,1-3H3,(H,17,18). The average molecular weight is 319 g/mol. The lowest BCUT2D eigenvalue weighted by molar-refractivity contribution is 0.215. The Hall–Kier alpha value is -2.34. The molecule has 116 valence electrons. The van der Waals surface area contributed by atoms with Crippen LogP contribution in [0.2, 0.25) is 0 Å². The van der Waals surface area contributed by atoms with Gasteiger partial charge in [-0.15, -0.1) is 11.8 Å². The Balaban J connectivity index is 2.07. The molecule has 0 saturated carbocycles. The van der Waals surface area contributed by atoms with E-state index in [1.54, 1.807) is 49.2 Å². The summed E-state index contributed by atoms with van der Waals surface area (Å²) < 4.78 is 15.6. The molecule has 0 aliphatic carbocycles. The Morgan fingerprint density at radius 3 is 2.27 bits per heavy atom. The van der Waals surface area contributed by atoms with Gasteiger partial charge in [0.1, 0.15) is 17.2 Å². The summed E-state index contributed by atoms with van der Waals surface area (Å²) in [6.07, 6.45) is 1.39. The molecule has 6 heteroatoms. The van der Waals surface area contributed by atoms with Gasteiger partial charge >= 0.3 is 6.09 Å². The zero-order chi connectivity index (χ0) is 15.9. The van der Waals surface area contributed by atoms with Crippen molar-refractivity contribution >= 4 is 23.5 Å². The van der Waals surface area contributed by atoms with Crippen molar-refractivity contribution in [2.24, 2.45) is 0 Å². The minimum absolute atomic E-state index is 0.470. The summed E-state index contributed by atoms with van der Waals surface area (Å²) in [4.78, 5) is 13.1. The van der Waals surface area contributed by atoms with Crippen LogP contribution in [0.5, 0.6) is 17.2 Å². The van der Waals surface area contributed by atoms with Gasteiger partial charge in [0.05, 0.1) is 19.9 Å². The number of hydrogen-bond donors (Lipinski definition) is 1. The molecule has 0 heterocycles. The Labute approximate surface area is 133 Å². The molecular formula is C16H17NO4S. The largest absolute Gasteiger partial charge is 0.497 e. The van der Waals surface area contributed by atoms with E-state index in [2.05, 4.69) is 5.32 Å². The monoisotopic (exact) mass is 319 g/mol. The van der Waals surface area contributed by atoms with Crippen molar-refractivity contribution in [1.29, 1.82) is 0 Å². The highest BCUT2D eigenvalue weighted by molar-refractivity contribution is 7.98. The summed E-state index contributed by atoms with van der Waals surface area (Å²) in [7, 11) is 3.08. The highest BCUT2D eigenvalue weighted by atomic mass is 32.2. The van der Waals surface area contributed by atoms with Gasteiger partial charge in [-0.05, 0) is 42.7 Å². The molecule has 0 radical (unpaired) electrons. The fourth-order valence-corrected chi connectivity index (χ4v) is 2.21. The summed E-state index contributed by atoms with van der Waals surface area (Å²) in [5.74, 6) is 1.60. The number of thioether (sulfide) groups is 1. The van der Waals surface area contributed by atoms with Crippen molar-refractivity contribution in [2.45, 2.75) is 4.90 Å². The van der Waals surface area contributed by atoms with Crippen LogP contribution < -0.4 is 19.5 Å². The van der Waals surface area contributed by atoms with Crippen LogP contribution in [0.1, 0.15) is 0 Å². The van der Waals surface area contributed by atoms with Crippen LogP contribution in [0.25, 0.3) is 0 Å². The van der Waals surface area contributed by atoms with E-state index >= 15 is 0 Å². The molecule has 0 fully saturated rings. The third-order valence-electron chi connectivity index (χ3n) is 2.91. The lowest BCUT2D eigenvalue weighted by atomic mass is 10.2. The predicted molar refractivity (Wildman–Crippen MR) is 87.4 cm³/mol. The molecule has 0 aromatic heterocycles. The third kappa shape index (κ3) is 4.08. The zero-order valence-electron chi connectivity index (χ0n) is 12.6. The van der Waals surface area contributed by atoms with Crippen LogP contribution in [0.3, 0.4) is 0 Å². The summed E-state index contributed by atoms with van der Waals surface area (Å²) in [5.41, 5.74) is 0.479. The maximum absolute atomic E-state index is 12.0. The first kappa shape index (κ1) is 16.0. The van der Waals surface area contributed by atoms with Crippen molar-refractivity contribution < 1.29 is 19.0 Å². The number of nitrogens with one attached hydrogen (secondary N) is 1. The van der Waals surface area contributed by atoms with Gasteiger partial charge in [-0.25, -0.2) is 4.79 Å². The van der Waals surface area contributed by atoms with E-state index in [1.807, 2.05) is 18.4 Å². The molecule has 0 unspecified atom stereocenters. The SMILES string of the molecule is COc1ccc(OC)c(NC(=O)Oc2ccc(SC)cc2)c1. The third-order valence-corrected chi connectivity index (χ3v) is 3.66. The molecule has 0 bridgehead atoms. The van der Waals surface area contributed by atoms with Gasteiger partial charge in [0.2, 0.25) is 0 Å². The van der Waals surface area contributed by atoms with Gasteiger partial charge in [-0.3, -0.25) is 5.32 Å². The first-order valence-corrected chi connectivity index (χ1v) is 7.73. The molecule has 2 aromatic carbocycles. The van der Waals surface area contributed by atoms with E-state index in [-0.39, 0.29) is 0 Å². The van der Waals surface area contributed by atoms with E-state index < -0.39 is 6.09 Å². The van der Waals surface area contributed by atoms with Crippen LogP contribution >= 0.6 is 11.8 Å². The van der Waals surface area contributed by atoms with Crippen molar-refractivity contribution in [1.82, 2.24) is 0 Å². The first-order valence-electron chi connectivity index (χ1n) is 6.51. The maximum Gasteiger partial charge on any atom is 0.417 e. The Morgan fingerprint density at radius 2 is 1.68 bits per heavy atom. The fourth-order valence-electron chi connectivity index (χ4n) is 1.80. The van der Waals surface area contributed by atoms with Crippen molar-refractivity contribution in [3.63, 3.8) is 0 Å². The predicted octanol–water partition coefficient (Wildman–Crippen LogP) is 4.04. The van der Waals surface area contributed by atoms with Gasteiger partial charge in [0, 0.05) is 11.0 Å². The number of methoxy groups -OCH3 is 2. The second-order valence-corrected chi connectivity index (χ2v) is 5.14. The number of carbonyl (C=O) groups is 1. The summed E-state index contributed by atoms with van der Waals surface area (Å²) >= 11 is 1.62. The lowest BCUT2D eigenvalue weighted by Gasteiger charge is -2.12. The van der Waals surface area contributed by atoms with Crippen molar-refractivity contribution in [2.75, 3.05) is 25.8 Å². The molecule has 5 nitrogen and oxygen atoms in total. The highest BCUT2D eigenvalue weighted by Crippen LogP contribution is 2.29. The molecule has 2 rings (SSSR count). The number of carbonyl (C=O) groups excluding carboxylic acids is 1. The number of amides is 1. The molecule has 0 aliphatic heterocycles. The minimum atomic E-state index is -0.594. The van der Waals surface area contributed by atoms with Crippen LogP contribution in [0.4, 0.5) is 10.5 Å². The van der Waals surface area contributed by atoms with Crippen molar-refractivity contribution in [3.8, 4) is 17.2 Å². The fraction of sp³-hybridized carbons (Fsp3) is 0.188. The van der Waals surface area contributed by atoms with Crippen LogP contribution in [-0.4, -0.2) is 26.6 Å². The molecule has 22 heavy (non-hydrogen) atoms. The summed E-state index contributed by atoms with van der Waals surface area (Å²) in [6.45, 7) is 0. The van der Waals surface area contributed by atoms with E-state index in [0.717, 1.165) is 4.90 Å². The maximum atomic E-state index is 12.0. The van der Waals surface area contributed by atoms with Gasteiger partial charge in [-0.2, -0.15) is 0 Å². The van der Waals surface area contributed by atoms with Gasteiger partial charge in [-0.1, -0.05) is 0 Å². The number of hydrogen-bond acceptors (Lipinski definition) is 5. The second-order valence-electron chi connectivity index (χ2n) is 4.26. The first-order chi connectivity index (χ1) is 10.7. The number of benzene rings is 2. The molecular weight excluding hydrogens is 302 g/mol. The summed E-state index contributed by atoms with van der Waals surface area (Å²) in [6, 6.07) is 12.4. The molecule has 0 spiro atoms. The lowest BCUT2D eigenvalue weighted by Crippen LogP contribution is -2.17. The zero-order valence-corrected chi connectivity index (χ0v) is 13.4. The molecule has 1 N–H and O–H groups in total. The number of ether oxygens (including phenoxy) is 3. The molecule has 1 amide bonds. The molecule has 0 atom stereocenters. The average Bonchev–Trinajstić information content (AvgIpc) is 2.55. The smallest absolute Gasteiger partial charge is 0.417 e. The van der Waals surface area contributed by atoms with E-state index in [9.17, 15) is 4.79 Å². The Morgan fingerprint density at radius 1 is 1.00 bits per heavy atom. The van der Waals surface area contributed by atoms with Crippen LogP contribution in [0, 0.1) is 0 Å². The van der Waals surface area contributed by atoms with Crippen LogP contribution in [-0.2, 0) is 0 Å². The van der Waals surface area contributed by atoms with Gasteiger partial charge in [0.25, 0.3) is 0 Å². The molecule has 2 aromatic rings. The van der Waals surface area contributed by atoms with E-state index in [1.165, 1.54) is 7.11 Å². The van der Waals surface area contributed by atoms with E-state index in [4.69, 9.17) is 14.2 Å². The second kappa shape index (κ2) is 7.61. The highest BCUT2D eigenvalue weighted by Gasteiger charge is 2.10. The molecule has 0 aliphatic rings. The normalized spacial score (nSPS) is 9.95. The Kier molecular flexibility index (Phi) is 5.55. The summed E-state index contributed by atoms with van der Waals surface area (Å²) in [5, 5.41) is 2.64. The topological polar surface area (TPSA) is 56.8 Å². The van der Waals surface area contributed by atoms with E-state index in [0.29, 0.717) is 22.9 Å².